The number of hydrogen-bond acceptors (Lipinski definition) is 6. The number of aromatic nitrogens is 2. The van der Waals surface area contributed by atoms with E-state index in [1.165, 1.54) is 4.68 Å². The molecule has 0 saturated heterocycles. The summed E-state index contributed by atoms with van der Waals surface area (Å²) in [6.45, 7) is 7.36. The molecule has 0 spiro atoms. The molecule has 1 aromatic heterocycles. The molecule has 34 heavy (non-hydrogen) atoms. The number of sulfonamides is 1. The third kappa shape index (κ3) is 6.09. The molecule has 0 aliphatic heterocycles. The number of carbonyl (C=O) groups is 2. The van der Waals surface area contributed by atoms with Gasteiger partial charge in [-0.05, 0) is 63.1 Å². The number of nitrogens with zero attached hydrogens (tertiary/aromatic N) is 2. The summed E-state index contributed by atoms with van der Waals surface area (Å²) in [6.07, 6.45) is 1.58. The number of esters is 1. The van der Waals surface area contributed by atoms with E-state index in [1.54, 1.807) is 57.3 Å². The van der Waals surface area contributed by atoms with Crippen LogP contribution in [0.15, 0.2) is 53.6 Å². The zero-order valence-electron chi connectivity index (χ0n) is 19.6. The van der Waals surface area contributed by atoms with Crippen molar-refractivity contribution < 1.29 is 22.7 Å². The van der Waals surface area contributed by atoms with Crippen molar-refractivity contribution in [2.75, 3.05) is 18.5 Å². The highest BCUT2D eigenvalue weighted by molar-refractivity contribution is 7.89. The average molecular weight is 485 g/mol. The van der Waals surface area contributed by atoms with Gasteiger partial charge in [0.05, 0.1) is 17.2 Å². The van der Waals surface area contributed by atoms with Gasteiger partial charge in [0.2, 0.25) is 15.9 Å². The minimum Gasteiger partial charge on any atom is -0.461 e. The fourth-order valence-electron chi connectivity index (χ4n) is 3.69. The number of carbonyl (C=O) groups excluding carboxylic acids is 2. The molecule has 2 N–H and O–H groups in total. The van der Waals surface area contributed by atoms with E-state index in [4.69, 9.17) is 4.74 Å². The van der Waals surface area contributed by atoms with Crippen LogP contribution in [0.25, 0.3) is 5.69 Å². The Balaban J connectivity index is 1.60. The van der Waals surface area contributed by atoms with Crippen molar-refractivity contribution in [3.8, 4) is 5.69 Å². The highest BCUT2D eigenvalue weighted by Gasteiger charge is 2.20. The average Bonchev–Trinajstić information content (AvgIpc) is 3.23. The lowest BCUT2D eigenvalue weighted by Gasteiger charge is -2.13. The number of ether oxygens (including phenoxy) is 1. The lowest BCUT2D eigenvalue weighted by Crippen LogP contribution is -2.29. The molecule has 0 fully saturated rings. The Morgan fingerprint density at radius 1 is 1.06 bits per heavy atom. The van der Waals surface area contributed by atoms with Crippen LogP contribution in [0.4, 0.5) is 5.69 Å². The maximum absolute atomic E-state index is 12.7. The maximum Gasteiger partial charge on any atom is 0.358 e. The van der Waals surface area contributed by atoms with Gasteiger partial charge >= 0.3 is 5.97 Å². The van der Waals surface area contributed by atoms with E-state index in [-0.39, 0.29) is 36.1 Å². The zero-order chi connectivity index (χ0) is 24.9. The predicted molar refractivity (Wildman–Crippen MR) is 129 cm³/mol. The quantitative estimate of drug-likeness (QED) is 0.450. The third-order valence-corrected chi connectivity index (χ3v) is 6.75. The van der Waals surface area contributed by atoms with Gasteiger partial charge in [0.25, 0.3) is 0 Å². The van der Waals surface area contributed by atoms with E-state index in [2.05, 4.69) is 15.1 Å². The Morgan fingerprint density at radius 2 is 1.76 bits per heavy atom. The second-order valence-electron chi connectivity index (χ2n) is 7.84. The monoisotopic (exact) mass is 484 g/mol. The predicted octanol–water partition coefficient (Wildman–Crippen LogP) is 3.28. The van der Waals surface area contributed by atoms with E-state index in [0.717, 1.165) is 5.56 Å². The fraction of sp³-hybridized carbons (Fsp3) is 0.292. The normalized spacial score (nSPS) is 11.3. The van der Waals surface area contributed by atoms with E-state index >= 15 is 0 Å². The minimum atomic E-state index is -3.74. The van der Waals surface area contributed by atoms with E-state index in [1.807, 2.05) is 19.1 Å². The Morgan fingerprint density at radius 3 is 2.44 bits per heavy atom. The lowest BCUT2D eigenvalue weighted by atomic mass is 10.1. The Hall–Kier alpha value is -3.50. The lowest BCUT2D eigenvalue weighted by molar-refractivity contribution is -0.116. The van der Waals surface area contributed by atoms with Crippen LogP contribution >= 0.6 is 0 Å². The fourth-order valence-corrected chi connectivity index (χ4v) is 5.17. The van der Waals surface area contributed by atoms with Gasteiger partial charge in [-0.15, -0.1) is 0 Å². The van der Waals surface area contributed by atoms with Crippen molar-refractivity contribution in [1.82, 2.24) is 14.5 Å². The van der Waals surface area contributed by atoms with E-state index < -0.39 is 16.0 Å². The van der Waals surface area contributed by atoms with Gasteiger partial charge in [-0.3, -0.25) is 4.79 Å². The van der Waals surface area contributed by atoms with Gasteiger partial charge in [0.1, 0.15) is 0 Å². The first-order valence-electron chi connectivity index (χ1n) is 10.8. The number of benzene rings is 2. The molecule has 0 bridgehead atoms. The summed E-state index contributed by atoms with van der Waals surface area (Å²) in [5.74, 6) is -0.853. The van der Waals surface area contributed by atoms with Crippen LogP contribution in [0.5, 0.6) is 0 Å². The van der Waals surface area contributed by atoms with Crippen LogP contribution in [0, 0.1) is 20.8 Å². The molecule has 9 nitrogen and oxygen atoms in total. The number of aryl methyl sites for hydroxylation is 3. The van der Waals surface area contributed by atoms with Gasteiger partial charge in [-0.1, -0.05) is 23.8 Å². The molecule has 0 saturated carbocycles. The van der Waals surface area contributed by atoms with Crippen LogP contribution in [0.1, 0.15) is 40.5 Å². The number of anilines is 1. The first-order chi connectivity index (χ1) is 16.1. The molecule has 180 valence electrons. The van der Waals surface area contributed by atoms with Crippen LogP contribution in [-0.2, 0) is 19.6 Å². The number of hydrogen-bond donors (Lipinski definition) is 2. The summed E-state index contributed by atoms with van der Waals surface area (Å²) in [5.41, 5.74) is 3.65. The molecule has 3 aromatic rings. The number of amides is 1. The topological polar surface area (TPSA) is 119 Å². The summed E-state index contributed by atoms with van der Waals surface area (Å²) >= 11 is 0. The van der Waals surface area contributed by atoms with Gasteiger partial charge in [0.15, 0.2) is 5.69 Å². The number of rotatable bonds is 9. The molecule has 1 amide bonds. The number of nitrogens with one attached hydrogen (secondary N) is 2. The Bertz CT molecular complexity index is 1290. The largest absolute Gasteiger partial charge is 0.461 e. The van der Waals surface area contributed by atoms with Gasteiger partial charge in [0, 0.05) is 24.8 Å². The van der Waals surface area contributed by atoms with Crippen LogP contribution in [0.2, 0.25) is 0 Å². The summed E-state index contributed by atoms with van der Waals surface area (Å²) in [6, 6.07) is 12.1. The summed E-state index contributed by atoms with van der Waals surface area (Å²) in [5, 5.41) is 6.95. The van der Waals surface area contributed by atoms with Gasteiger partial charge in [-0.25, -0.2) is 22.6 Å². The summed E-state index contributed by atoms with van der Waals surface area (Å²) in [4.78, 5) is 24.5. The molecule has 0 aliphatic carbocycles. The van der Waals surface area contributed by atoms with Crippen LogP contribution < -0.4 is 10.0 Å². The Kier molecular flexibility index (Phi) is 7.85. The molecule has 1 heterocycles. The molecule has 2 aromatic carbocycles. The molecule has 10 heteroatoms. The highest BCUT2D eigenvalue weighted by Crippen LogP contribution is 2.21. The molecule has 0 atom stereocenters. The minimum absolute atomic E-state index is 0.0390. The summed E-state index contributed by atoms with van der Waals surface area (Å²) < 4.78 is 34.4. The van der Waals surface area contributed by atoms with E-state index in [9.17, 15) is 18.0 Å². The highest BCUT2D eigenvalue weighted by atomic mass is 32.2. The molecular formula is C24H28N4O5S. The molecule has 0 unspecified atom stereocenters. The van der Waals surface area contributed by atoms with Crippen molar-refractivity contribution in [3.05, 3.63) is 71.0 Å². The van der Waals surface area contributed by atoms with Crippen LogP contribution in [-0.4, -0.2) is 43.2 Å². The van der Waals surface area contributed by atoms with Crippen molar-refractivity contribution in [2.24, 2.45) is 0 Å². The van der Waals surface area contributed by atoms with Crippen molar-refractivity contribution in [3.63, 3.8) is 0 Å². The maximum atomic E-state index is 12.7. The third-order valence-electron chi connectivity index (χ3n) is 4.99. The molecule has 3 rings (SSSR count). The Labute approximate surface area is 199 Å². The first-order valence-corrected chi connectivity index (χ1v) is 12.3. The smallest absolute Gasteiger partial charge is 0.358 e. The summed E-state index contributed by atoms with van der Waals surface area (Å²) in [7, 11) is -3.74. The van der Waals surface area contributed by atoms with E-state index in [0.29, 0.717) is 22.5 Å². The first kappa shape index (κ1) is 25.1. The standard InChI is InChI=1S/C24H28N4O5S/c1-5-33-24(30)21-10-12-28(27-21)20-8-6-7-19(15-20)26-22(29)9-11-25-34(31,32)23-17(3)13-16(2)14-18(23)4/h6-8,10,12-15,25H,5,9,11H2,1-4H3,(H,26,29). The van der Waals surface area contributed by atoms with Gasteiger partial charge in [-0.2, -0.15) is 5.10 Å². The van der Waals surface area contributed by atoms with Gasteiger partial charge < -0.3 is 10.1 Å². The second kappa shape index (κ2) is 10.6. The SMILES string of the molecule is CCOC(=O)c1ccn(-c2cccc(NC(=O)CCNS(=O)(=O)c3c(C)cc(C)cc3C)c2)n1. The molecule has 0 radical (unpaired) electrons. The molecule has 0 aliphatic rings. The molecular weight excluding hydrogens is 456 g/mol. The zero-order valence-corrected chi connectivity index (χ0v) is 20.4. The van der Waals surface area contributed by atoms with Crippen LogP contribution in [0.3, 0.4) is 0 Å². The van der Waals surface area contributed by atoms with Crippen molar-refractivity contribution in [2.45, 2.75) is 39.0 Å². The second-order valence-corrected chi connectivity index (χ2v) is 9.54. The van der Waals surface area contributed by atoms with Crippen molar-refractivity contribution in [1.29, 1.82) is 0 Å². The van der Waals surface area contributed by atoms with Crippen molar-refractivity contribution >= 4 is 27.6 Å².